The van der Waals surface area contributed by atoms with E-state index < -0.39 is 0 Å². The van der Waals surface area contributed by atoms with Crippen molar-refractivity contribution < 1.29 is 9.90 Å². The molecule has 1 aromatic carbocycles. The van der Waals surface area contributed by atoms with E-state index in [4.69, 9.17) is 0 Å². The average molecular weight is 364 g/mol. The van der Waals surface area contributed by atoms with Crippen LogP contribution in [-0.2, 0) is 0 Å². The Morgan fingerprint density at radius 3 is 2.78 bits per heavy atom. The molecule has 6 heteroatoms. The zero-order valence-electron chi connectivity index (χ0n) is 15.6. The largest absolute Gasteiger partial charge is 0.507 e. The fraction of sp³-hybridized carbons (Fsp3) is 0.286. The van der Waals surface area contributed by atoms with Gasteiger partial charge in [0.1, 0.15) is 11.4 Å². The number of pyridine rings is 1. The van der Waals surface area contributed by atoms with Crippen molar-refractivity contribution in [3.05, 3.63) is 66.1 Å². The summed E-state index contributed by atoms with van der Waals surface area (Å²) in [5, 5.41) is 17.0. The number of benzene rings is 1. The third-order valence-electron chi connectivity index (χ3n) is 4.68. The number of aromatic hydroxyl groups is 1. The Kier molecular flexibility index (Phi) is 5.86. The van der Waals surface area contributed by atoms with Crippen molar-refractivity contribution in [3.8, 4) is 17.0 Å². The van der Waals surface area contributed by atoms with Gasteiger partial charge in [0.2, 0.25) is 0 Å². The molecule has 2 heterocycles. The highest BCUT2D eigenvalue weighted by Crippen LogP contribution is 2.29. The molecule has 0 saturated heterocycles. The zero-order valence-corrected chi connectivity index (χ0v) is 15.6. The minimum absolute atomic E-state index is 0.0528. The fourth-order valence-electron chi connectivity index (χ4n) is 3.15. The number of H-pyrrole nitrogens is 1. The Hall–Kier alpha value is -3.15. The summed E-state index contributed by atoms with van der Waals surface area (Å²) in [5.41, 5.74) is 2.53. The fourth-order valence-corrected chi connectivity index (χ4v) is 3.15. The van der Waals surface area contributed by atoms with Crippen molar-refractivity contribution in [2.24, 2.45) is 0 Å². The predicted molar refractivity (Wildman–Crippen MR) is 104 cm³/mol. The van der Waals surface area contributed by atoms with Crippen LogP contribution in [0.3, 0.4) is 0 Å². The molecule has 3 rings (SSSR count). The summed E-state index contributed by atoms with van der Waals surface area (Å²) in [6.07, 6.45) is 6.48. The number of unbranched alkanes of at least 4 members (excludes halogenated alkanes) is 1. The van der Waals surface area contributed by atoms with Gasteiger partial charge in [0.15, 0.2) is 0 Å². The first kappa shape index (κ1) is 18.6. The number of carbonyl (C=O) groups excluding carboxylic acids is 1. The van der Waals surface area contributed by atoms with Crippen LogP contribution >= 0.6 is 0 Å². The smallest absolute Gasteiger partial charge is 0.272 e. The second-order valence-electron chi connectivity index (χ2n) is 6.54. The molecule has 6 nitrogen and oxygen atoms in total. The third-order valence-corrected chi connectivity index (χ3v) is 4.68. The van der Waals surface area contributed by atoms with Gasteiger partial charge in [0.05, 0.1) is 11.7 Å². The number of phenolic OH excluding ortho intramolecular Hbond substituents is 1. The molecule has 0 spiro atoms. The quantitative estimate of drug-likeness (QED) is 0.659. The Bertz CT molecular complexity index is 892. The van der Waals surface area contributed by atoms with E-state index in [1.54, 1.807) is 42.4 Å². The van der Waals surface area contributed by atoms with Gasteiger partial charge in [-0.2, -0.15) is 5.10 Å². The maximum Gasteiger partial charge on any atom is 0.272 e. The number of aromatic amines is 1. The van der Waals surface area contributed by atoms with E-state index in [0.29, 0.717) is 17.0 Å². The monoisotopic (exact) mass is 364 g/mol. The number of aromatic nitrogens is 3. The van der Waals surface area contributed by atoms with Gasteiger partial charge in [0.25, 0.3) is 5.91 Å². The average Bonchev–Trinajstić information content (AvgIpc) is 3.18. The van der Waals surface area contributed by atoms with E-state index >= 15 is 0 Å². The van der Waals surface area contributed by atoms with Crippen molar-refractivity contribution in [3.63, 3.8) is 0 Å². The first-order valence-corrected chi connectivity index (χ1v) is 9.12. The molecule has 2 N–H and O–H groups in total. The minimum Gasteiger partial charge on any atom is -0.507 e. The van der Waals surface area contributed by atoms with Crippen LogP contribution < -0.4 is 0 Å². The molecule has 140 valence electrons. The Balaban J connectivity index is 1.84. The molecule has 27 heavy (non-hydrogen) atoms. The molecule has 2 aromatic heterocycles. The molecule has 0 aliphatic heterocycles. The maximum absolute atomic E-state index is 13.0. The zero-order chi connectivity index (χ0) is 19.2. The number of phenols is 1. The molecule has 0 fully saturated rings. The highest BCUT2D eigenvalue weighted by Gasteiger charge is 2.24. The number of nitrogens with zero attached hydrogens (tertiary/aromatic N) is 3. The van der Waals surface area contributed by atoms with E-state index in [2.05, 4.69) is 22.1 Å². The maximum atomic E-state index is 13.0. The van der Waals surface area contributed by atoms with Crippen LogP contribution in [0.15, 0.2) is 54.9 Å². The normalized spacial score (nSPS) is 11.9. The highest BCUT2D eigenvalue weighted by atomic mass is 16.3. The van der Waals surface area contributed by atoms with Crippen molar-refractivity contribution in [1.29, 1.82) is 0 Å². The van der Waals surface area contributed by atoms with Crippen LogP contribution in [0.1, 0.15) is 48.3 Å². The van der Waals surface area contributed by atoms with Crippen LogP contribution in [0.25, 0.3) is 11.3 Å². The van der Waals surface area contributed by atoms with E-state index in [1.807, 2.05) is 24.4 Å². The molecule has 0 unspecified atom stereocenters. The number of hydrogen-bond donors (Lipinski definition) is 2. The molecular weight excluding hydrogens is 340 g/mol. The van der Waals surface area contributed by atoms with Gasteiger partial charge in [-0.15, -0.1) is 0 Å². The van der Waals surface area contributed by atoms with Crippen LogP contribution in [0, 0.1) is 0 Å². The summed E-state index contributed by atoms with van der Waals surface area (Å²) in [7, 11) is 1.80. The van der Waals surface area contributed by atoms with Gasteiger partial charge in [0, 0.05) is 25.0 Å². The van der Waals surface area contributed by atoms with Gasteiger partial charge in [-0.1, -0.05) is 38.0 Å². The molecule has 0 bridgehead atoms. The van der Waals surface area contributed by atoms with E-state index in [9.17, 15) is 9.90 Å². The van der Waals surface area contributed by atoms with Crippen LogP contribution in [-0.4, -0.2) is 38.1 Å². The molecule has 0 aliphatic rings. The number of hydrogen-bond acceptors (Lipinski definition) is 4. The van der Waals surface area contributed by atoms with Crippen LogP contribution in [0.5, 0.6) is 5.75 Å². The van der Waals surface area contributed by atoms with Gasteiger partial charge in [-0.05, 0) is 36.2 Å². The van der Waals surface area contributed by atoms with Crippen molar-refractivity contribution >= 4 is 5.91 Å². The summed E-state index contributed by atoms with van der Waals surface area (Å²) >= 11 is 0. The Labute approximate surface area is 158 Å². The van der Waals surface area contributed by atoms with Crippen LogP contribution in [0.4, 0.5) is 0 Å². The van der Waals surface area contributed by atoms with Gasteiger partial charge < -0.3 is 10.0 Å². The van der Waals surface area contributed by atoms with Crippen molar-refractivity contribution in [2.75, 3.05) is 7.05 Å². The number of carbonyl (C=O) groups is 1. The molecule has 1 amide bonds. The van der Waals surface area contributed by atoms with Gasteiger partial charge >= 0.3 is 0 Å². The lowest BCUT2D eigenvalue weighted by Crippen LogP contribution is -2.31. The number of rotatable bonds is 7. The lowest BCUT2D eigenvalue weighted by Gasteiger charge is -2.28. The lowest BCUT2D eigenvalue weighted by atomic mass is 10.0. The number of amides is 1. The molecular formula is C21H24N4O2. The molecule has 0 aliphatic carbocycles. The number of nitrogens with one attached hydrogen (secondary N) is 1. The summed E-state index contributed by atoms with van der Waals surface area (Å²) < 4.78 is 0. The Morgan fingerprint density at radius 1 is 1.26 bits per heavy atom. The molecule has 0 radical (unpaired) electrons. The first-order valence-electron chi connectivity index (χ1n) is 9.12. The Morgan fingerprint density at radius 2 is 2.07 bits per heavy atom. The van der Waals surface area contributed by atoms with E-state index in [1.165, 1.54) is 0 Å². The summed E-state index contributed by atoms with van der Waals surface area (Å²) in [6.45, 7) is 2.13. The standard InChI is InChI=1S/C21H24N4O2/c1-3-4-10-19(15-8-7-12-22-14-15)25(2)21(27)18-13-17(23-24-18)16-9-5-6-11-20(16)26/h5-9,11-14,19,26H,3-4,10H2,1-2H3,(H,23,24)/t19-/m0/s1. The van der Waals surface area contributed by atoms with Crippen molar-refractivity contribution in [2.45, 2.75) is 32.2 Å². The first-order chi connectivity index (χ1) is 13.1. The lowest BCUT2D eigenvalue weighted by molar-refractivity contribution is 0.0714. The van der Waals surface area contributed by atoms with E-state index in [0.717, 1.165) is 24.8 Å². The van der Waals surface area contributed by atoms with Gasteiger partial charge in [-0.3, -0.25) is 14.9 Å². The summed E-state index contributed by atoms with van der Waals surface area (Å²) in [4.78, 5) is 19.0. The topological polar surface area (TPSA) is 82.1 Å². The second kappa shape index (κ2) is 8.49. The van der Waals surface area contributed by atoms with Gasteiger partial charge in [-0.25, -0.2) is 0 Å². The third kappa shape index (κ3) is 4.16. The predicted octanol–water partition coefficient (Wildman–Crippen LogP) is 4.18. The molecule has 1 atom stereocenters. The van der Waals surface area contributed by atoms with Crippen LogP contribution in [0.2, 0.25) is 0 Å². The number of para-hydroxylation sites is 1. The minimum atomic E-state index is -0.144. The highest BCUT2D eigenvalue weighted by molar-refractivity contribution is 5.93. The van der Waals surface area contributed by atoms with E-state index in [-0.39, 0.29) is 17.7 Å². The van der Waals surface area contributed by atoms with Crippen molar-refractivity contribution in [1.82, 2.24) is 20.1 Å². The summed E-state index contributed by atoms with van der Waals surface area (Å²) in [5.74, 6) is -0.0123. The molecule has 0 saturated carbocycles. The molecule has 3 aromatic rings. The summed E-state index contributed by atoms with van der Waals surface area (Å²) in [6, 6.07) is 12.4. The SMILES string of the molecule is CCCC[C@@H](c1cccnc1)N(C)C(=O)c1cc(-c2ccccc2O)n[nH]1. The second-order valence-corrected chi connectivity index (χ2v) is 6.54.